The average Bonchev–Trinajstić information content (AvgIpc) is 2.41. The van der Waals surface area contributed by atoms with E-state index in [1.807, 2.05) is 30.3 Å². The molecule has 1 nitrogen and oxygen atoms in total. The van der Waals surface area contributed by atoms with E-state index >= 15 is 0 Å². The van der Waals surface area contributed by atoms with E-state index < -0.39 is 14.2 Å². The summed E-state index contributed by atoms with van der Waals surface area (Å²) in [5.74, 6) is 0. The van der Waals surface area contributed by atoms with Gasteiger partial charge in [0.2, 0.25) is 0 Å². The van der Waals surface area contributed by atoms with Crippen molar-refractivity contribution < 1.29 is 5.11 Å². The summed E-state index contributed by atoms with van der Waals surface area (Å²) in [7, 11) is -1.31. The highest BCUT2D eigenvalue weighted by molar-refractivity contribution is 6.81. The number of aliphatic hydroxyl groups is 1. The molecule has 1 N–H and O–H groups in total. The molecule has 1 rings (SSSR count). The van der Waals surface area contributed by atoms with E-state index in [2.05, 4.69) is 32.3 Å². The van der Waals surface area contributed by atoms with Crippen LogP contribution in [0, 0.1) is 0 Å². The largest absolute Gasteiger partial charge is 0.384 e. The molecule has 0 fully saturated rings. The molecule has 0 saturated carbocycles. The molecule has 2 heteroatoms. The topological polar surface area (TPSA) is 20.2 Å². The van der Waals surface area contributed by atoms with Crippen molar-refractivity contribution in [2.45, 2.75) is 64.8 Å². The molecular weight excluding hydrogens is 260 g/mol. The van der Waals surface area contributed by atoms with Gasteiger partial charge >= 0.3 is 0 Å². The van der Waals surface area contributed by atoms with Crippen molar-refractivity contribution in [1.29, 1.82) is 0 Å². The predicted octanol–water partition coefficient (Wildman–Crippen LogP) is 5.49. The van der Waals surface area contributed by atoms with Crippen molar-refractivity contribution >= 4 is 8.07 Å². The summed E-state index contributed by atoms with van der Waals surface area (Å²) in [5.41, 5.74) is 4.63. The predicted molar refractivity (Wildman–Crippen MR) is 91.6 cm³/mol. The molecule has 0 saturated heterocycles. The van der Waals surface area contributed by atoms with E-state index in [9.17, 15) is 5.11 Å². The van der Waals surface area contributed by atoms with Crippen molar-refractivity contribution in [3.63, 3.8) is 0 Å². The van der Waals surface area contributed by atoms with Gasteiger partial charge in [-0.3, -0.25) is 0 Å². The number of benzene rings is 1. The molecule has 0 amide bonds. The Balaban J connectivity index is 2.79. The van der Waals surface area contributed by atoms with Gasteiger partial charge in [-0.2, -0.15) is 0 Å². The van der Waals surface area contributed by atoms with E-state index in [1.54, 1.807) is 0 Å². The van der Waals surface area contributed by atoms with Gasteiger partial charge in [0.05, 0.1) is 14.2 Å². The fourth-order valence-electron chi connectivity index (χ4n) is 2.45. The standard InChI is InChI=1S/C18H30OSi/c1-5-6-7-9-14-17(15-20(2,3)4)18(19)16-12-10-8-11-13-16/h8,10-13,15,18-19H,5-7,9,14H2,1-4H3/b17-15+. The zero-order valence-electron chi connectivity index (χ0n) is 13.5. The zero-order valence-corrected chi connectivity index (χ0v) is 14.5. The zero-order chi connectivity index (χ0) is 15.0. The van der Waals surface area contributed by atoms with Gasteiger partial charge in [-0.25, -0.2) is 0 Å². The third-order valence-corrected chi connectivity index (χ3v) is 4.64. The molecule has 0 spiro atoms. The van der Waals surface area contributed by atoms with E-state index in [1.165, 1.54) is 31.3 Å². The summed E-state index contributed by atoms with van der Waals surface area (Å²) >= 11 is 0. The van der Waals surface area contributed by atoms with E-state index in [-0.39, 0.29) is 0 Å². The van der Waals surface area contributed by atoms with Crippen molar-refractivity contribution in [2.24, 2.45) is 0 Å². The van der Waals surface area contributed by atoms with Crippen LogP contribution in [-0.2, 0) is 0 Å². The summed E-state index contributed by atoms with van der Waals surface area (Å²) in [6.45, 7) is 9.22. The van der Waals surface area contributed by atoms with Gasteiger partial charge in [0.1, 0.15) is 0 Å². The van der Waals surface area contributed by atoms with Crippen molar-refractivity contribution in [3.05, 3.63) is 47.2 Å². The van der Waals surface area contributed by atoms with E-state index in [4.69, 9.17) is 0 Å². The van der Waals surface area contributed by atoms with Crippen molar-refractivity contribution in [1.82, 2.24) is 0 Å². The highest BCUT2D eigenvalue weighted by Crippen LogP contribution is 2.27. The second kappa shape index (κ2) is 8.43. The molecule has 112 valence electrons. The van der Waals surface area contributed by atoms with Crippen LogP contribution in [0.4, 0.5) is 0 Å². The Hall–Kier alpha value is -0.863. The van der Waals surface area contributed by atoms with Gasteiger partial charge in [-0.15, -0.1) is 0 Å². The fourth-order valence-corrected chi connectivity index (χ4v) is 3.86. The Morgan fingerprint density at radius 1 is 1.10 bits per heavy atom. The maximum Gasteiger partial charge on any atom is 0.0997 e. The lowest BCUT2D eigenvalue weighted by Gasteiger charge is -2.20. The molecule has 1 unspecified atom stereocenters. The first kappa shape index (κ1) is 17.2. The van der Waals surface area contributed by atoms with Crippen molar-refractivity contribution in [3.8, 4) is 0 Å². The van der Waals surface area contributed by atoms with Gasteiger partial charge in [-0.1, -0.05) is 81.9 Å². The summed E-state index contributed by atoms with van der Waals surface area (Å²) in [6, 6.07) is 10.0. The van der Waals surface area contributed by atoms with Crippen LogP contribution >= 0.6 is 0 Å². The van der Waals surface area contributed by atoms with Gasteiger partial charge in [0.25, 0.3) is 0 Å². The minimum Gasteiger partial charge on any atom is -0.384 e. The molecule has 0 aromatic heterocycles. The highest BCUT2D eigenvalue weighted by Gasteiger charge is 2.17. The smallest absolute Gasteiger partial charge is 0.0997 e. The number of unbranched alkanes of at least 4 members (excludes halogenated alkanes) is 3. The third kappa shape index (κ3) is 6.53. The van der Waals surface area contributed by atoms with Gasteiger partial charge in [0, 0.05) is 0 Å². The maximum absolute atomic E-state index is 10.7. The lowest BCUT2D eigenvalue weighted by molar-refractivity contribution is 0.210. The highest BCUT2D eigenvalue weighted by atomic mass is 28.3. The number of hydrogen-bond donors (Lipinski definition) is 1. The van der Waals surface area contributed by atoms with Crippen LogP contribution in [0.3, 0.4) is 0 Å². The first-order valence-electron chi connectivity index (χ1n) is 7.88. The quantitative estimate of drug-likeness (QED) is 0.495. The Labute approximate surface area is 125 Å². The molecule has 1 atom stereocenters. The molecule has 0 bridgehead atoms. The van der Waals surface area contributed by atoms with Crippen molar-refractivity contribution in [2.75, 3.05) is 0 Å². The average molecular weight is 291 g/mol. The van der Waals surface area contributed by atoms with Crippen LogP contribution in [0.2, 0.25) is 19.6 Å². The first-order valence-corrected chi connectivity index (χ1v) is 11.5. The molecule has 1 aromatic carbocycles. The molecule has 0 aliphatic rings. The molecule has 0 aliphatic carbocycles. The lowest BCUT2D eigenvalue weighted by atomic mass is 9.98. The lowest BCUT2D eigenvalue weighted by Crippen LogP contribution is -2.18. The Morgan fingerprint density at radius 2 is 1.75 bits per heavy atom. The number of hydrogen-bond acceptors (Lipinski definition) is 1. The van der Waals surface area contributed by atoms with Crippen LogP contribution in [0.1, 0.15) is 50.7 Å². The minimum absolute atomic E-state index is 0.426. The van der Waals surface area contributed by atoms with Gasteiger partial charge < -0.3 is 5.11 Å². The van der Waals surface area contributed by atoms with Gasteiger partial charge in [-0.05, 0) is 24.0 Å². The maximum atomic E-state index is 10.7. The molecule has 0 aliphatic heterocycles. The van der Waals surface area contributed by atoms with Gasteiger partial charge in [0.15, 0.2) is 0 Å². The Kier molecular flexibility index (Phi) is 7.24. The minimum atomic E-state index is -1.31. The van der Waals surface area contributed by atoms with Crippen LogP contribution in [0.5, 0.6) is 0 Å². The number of aliphatic hydroxyl groups excluding tert-OH is 1. The monoisotopic (exact) mass is 290 g/mol. The molecule has 0 radical (unpaired) electrons. The first-order chi connectivity index (χ1) is 9.44. The SMILES string of the molecule is CCCCCC/C(=C\[Si](C)(C)C)C(O)c1ccccc1. The molecule has 0 heterocycles. The second-order valence-corrected chi connectivity index (χ2v) is 11.7. The summed E-state index contributed by atoms with van der Waals surface area (Å²) in [5, 5.41) is 10.7. The van der Waals surface area contributed by atoms with Crippen LogP contribution in [-0.4, -0.2) is 13.2 Å². The van der Waals surface area contributed by atoms with Crippen LogP contribution in [0.25, 0.3) is 0 Å². The Bertz CT molecular complexity index is 403. The molecular formula is C18H30OSi. The number of rotatable bonds is 8. The normalized spacial score (nSPS) is 14.3. The summed E-state index contributed by atoms with van der Waals surface area (Å²) in [4.78, 5) is 0. The molecule has 1 aromatic rings. The second-order valence-electron chi connectivity index (χ2n) is 6.71. The van der Waals surface area contributed by atoms with E-state index in [0.717, 1.165) is 12.0 Å². The van der Waals surface area contributed by atoms with Crippen LogP contribution < -0.4 is 0 Å². The molecule has 20 heavy (non-hydrogen) atoms. The summed E-state index contributed by atoms with van der Waals surface area (Å²) < 4.78 is 0. The fraction of sp³-hybridized carbons (Fsp3) is 0.556. The van der Waals surface area contributed by atoms with Crippen LogP contribution in [0.15, 0.2) is 41.6 Å². The van der Waals surface area contributed by atoms with E-state index in [0.29, 0.717) is 0 Å². The Morgan fingerprint density at radius 3 is 2.30 bits per heavy atom. The third-order valence-electron chi connectivity index (χ3n) is 3.40. The summed E-state index contributed by atoms with van der Waals surface area (Å²) in [6.07, 6.45) is 5.61.